The predicted octanol–water partition coefficient (Wildman–Crippen LogP) is 4.61. The SMILES string of the molecule is CCC(c1c(N2CCCC(C(O)C(F)F)C2)cnc(-c2cc(F)c(OC)cc2F)c1OC)n1cnc2c(N)ncnc21. The van der Waals surface area contributed by atoms with Gasteiger partial charge in [-0.15, -0.1) is 0 Å². The molecule has 42 heavy (non-hydrogen) atoms. The van der Waals surface area contributed by atoms with Gasteiger partial charge in [-0.1, -0.05) is 6.92 Å². The molecule has 1 aromatic carbocycles. The van der Waals surface area contributed by atoms with Crippen LogP contribution in [-0.4, -0.2) is 69.4 Å². The lowest BCUT2D eigenvalue weighted by atomic mass is 9.91. The van der Waals surface area contributed by atoms with E-state index < -0.39 is 36.1 Å². The van der Waals surface area contributed by atoms with Crippen LogP contribution in [0.1, 0.15) is 37.8 Å². The highest BCUT2D eigenvalue weighted by molar-refractivity contribution is 5.82. The number of fused-ring (bicyclic) bond motifs is 1. The van der Waals surface area contributed by atoms with E-state index in [-0.39, 0.29) is 35.1 Å². The normalized spacial score (nSPS) is 17.1. The summed E-state index contributed by atoms with van der Waals surface area (Å²) >= 11 is 0. The number of nitrogens with zero attached hydrogens (tertiary/aromatic N) is 6. The van der Waals surface area contributed by atoms with Crippen molar-refractivity contribution in [3.05, 3.63) is 48.2 Å². The molecule has 4 aromatic rings. The highest BCUT2D eigenvalue weighted by Crippen LogP contribution is 2.45. The molecule has 0 spiro atoms. The second-order valence-electron chi connectivity index (χ2n) is 10.1. The molecular formula is C28H31F4N7O3. The fourth-order valence-electron chi connectivity index (χ4n) is 5.69. The largest absolute Gasteiger partial charge is 0.494 e. The van der Waals surface area contributed by atoms with Gasteiger partial charge in [0.25, 0.3) is 6.43 Å². The first-order chi connectivity index (χ1) is 20.2. The molecule has 0 amide bonds. The molecule has 224 valence electrons. The van der Waals surface area contributed by atoms with Gasteiger partial charge in [-0.3, -0.25) is 4.98 Å². The zero-order valence-corrected chi connectivity index (χ0v) is 23.3. The molecule has 4 heterocycles. The number of aliphatic hydroxyl groups is 1. The zero-order chi connectivity index (χ0) is 30.1. The van der Waals surface area contributed by atoms with Crippen molar-refractivity contribution in [3.8, 4) is 22.8 Å². The van der Waals surface area contributed by atoms with Crippen LogP contribution >= 0.6 is 0 Å². The Morgan fingerprint density at radius 1 is 1.10 bits per heavy atom. The number of hydrogen-bond acceptors (Lipinski definition) is 9. The van der Waals surface area contributed by atoms with Crippen LogP contribution in [0.5, 0.6) is 11.5 Å². The third-order valence-electron chi connectivity index (χ3n) is 7.73. The summed E-state index contributed by atoms with van der Waals surface area (Å²) in [6.45, 7) is 2.54. The number of anilines is 2. The Morgan fingerprint density at radius 2 is 1.88 bits per heavy atom. The molecule has 3 N–H and O–H groups in total. The highest BCUT2D eigenvalue weighted by Gasteiger charge is 2.35. The standard InChI is InChI=1S/C28H31F4N7O3/c1-4-18(39-13-37-23-27(33)35-12-36-28(23)39)21-19(38-7-5-6-14(11-38)24(40)26(31)32)10-34-22(25(21)42-3)15-8-17(30)20(41-2)9-16(15)29/h8-10,12-14,18,24,26,40H,4-7,11H2,1-3H3,(H2,33,35,36). The third-order valence-corrected chi connectivity index (χ3v) is 7.73. The number of alkyl halides is 2. The summed E-state index contributed by atoms with van der Waals surface area (Å²) in [6, 6.07) is 1.38. The van der Waals surface area contributed by atoms with Crippen LogP contribution in [0, 0.1) is 17.6 Å². The maximum atomic E-state index is 15.3. The summed E-state index contributed by atoms with van der Waals surface area (Å²) in [4.78, 5) is 19.1. The van der Waals surface area contributed by atoms with E-state index >= 15 is 4.39 Å². The first-order valence-corrected chi connectivity index (χ1v) is 13.4. The first kappa shape index (κ1) is 29.3. The lowest BCUT2D eigenvalue weighted by molar-refractivity contribution is -0.0415. The van der Waals surface area contributed by atoms with Crippen molar-refractivity contribution in [2.45, 2.75) is 44.8 Å². The van der Waals surface area contributed by atoms with E-state index in [0.717, 1.165) is 12.1 Å². The minimum Gasteiger partial charge on any atom is -0.494 e. The Morgan fingerprint density at radius 3 is 2.57 bits per heavy atom. The van der Waals surface area contributed by atoms with Crippen molar-refractivity contribution in [2.24, 2.45) is 5.92 Å². The summed E-state index contributed by atoms with van der Waals surface area (Å²) in [7, 11) is 2.63. The van der Waals surface area contributed by atoms with Crippen molar-refractivity contribution < 1.29 is 32.1 Å². The van der Waals surface area contributed by atoms with Crippen molar-refractivity contribution in [2.75, 3.05) is 37.9 Å². The quantitative estimate of drug-likeness (QED) is 0.269. The van der Waals surface area contributed by atoms with Gasteiger partial charge in [0.2, 0.25) is 0 Å². The molecule has 1 fully saturated rings. The average Bonchev–Trinajstić information content (AvgIpc) is 3.43. The predicted molar refractivity (Wildman–Crippen MR) is 148 cm³/mol. The van der Waals surface area contributed by atoms with E-state index in [1.54, 1.807) is 10.9 Å². The third kappa shape index (κ3) is 5.14. The molecule has 0 aliphatic carbocycles. The van der Waals surface area contributed by atoms with Crippen LogP contribution in [0.15, 0.2) is 31.0 Å². The maximum Gasteiger partial charge on any atom is 0.264 e. The van der Waals surface area contributed by atoms with Crippen LogP contribution in [-0.2, 0) is 0 Å². The van der Waals surface area contributed by atoms with Crippen molar-refractivity contribution in [1.82, 2.24) is 24.5 Å². The second-order valence-corrected chi connectivity index (χ2v) is 10.1. The van der Waals surface area contributed by atoms with Gasteiger partial charge >= 0.3 is 0 Å². The van der Waals surface area contributed by atoms with Crippen LogP contribution < -0.4 is 20.1 Å². The van der Waals surface area contributed by atoms with Crippen molar-refractivity contribution >= 4 is 22.7 Å². The molecule has 3 atom stereocenters. The number of methoxy groups -OCH3 is 2. The van der Waals surface area contributed by atoms with Crippen molar-refractivity contribution in [1.29, 1.82) is 0 Å². The lowest BCUT2D eigenvalue weighted by Crippen LogP contribution is -2.43. The molecule has 3 aromatic heterocycles. The molecule has 0 bridgehead atoms. The molecule has 5 rings (SSSR count). The average molecular weight is 590 g/mol. The molecule has 1 aliphatic rings. The molecular weight excluding hydrogens is 558 g/mol. The summed E-state index contributed by atoms with van der Waals surface area (Å²) in [5, 5.41) is 10.2. The van der Waals surface area contributed by atoms with Gasteiger partial charge in [-0.25, -0.2) is 32.5 Å². The Balaban J connectivity index is 1.74. The Kier molecular flexibility index (Phi) is 8.34. The number of halogens is 4. The van der Waals surface area contributed by atoms with Crippen LogP contribution in [0.2, 0.25) is 0 Å². The first-order valence-electron chi connectivity index (χ1n) is 13.4. The van der Waals surface area contributed by atoms with Crippen LogP contribution in [0.3, 0.4) is 0 Å². The van der Waals surface area contributed by atoms with E-state index in [4.69, 9.17) is 15.2 Å². The maximum absolute atomic E-state index is 15.3. The van der Waals surface area contributed by atoms with Gasteiger partial charge < -0.3 is 29.8 Å². The molecule has 0 saturated carbocycles. The number of pyridine rings is 1. The number of aromatic nitrogens is 5. The molecule has 14 heteroatoms. The Hall–Kier alpha value is -4.20. The van der Waals surface area contributed by atoms with E-state index in [0.29, 0.717) is 48.2 Å². The summed E-state index contributed by atoms with van der Waals surface area (Å²) < 4.78 is 69.6. The monoisotopic (exact) mass is 589 g/mol. The fourth-order valence-corrected chi connectivity index (χ4v) is 5.69. The van der Waals surface area contributed by atoms with Gasteiger partial charge in [0.1, 0.15) is 29.5 Å². The second kappa shape index (κ2) is 12.0. The van der Waals surface area contributed by atoms with E-state index in [1.165, 1.54) is 26.7 Å². The minimum absolute atomic E-state index is 0.0356. The fraction of sp³-hybridized carbons (Fsp3) is 0.429. The number of hydrogen-bond donors (Lipinski definition) is 2. The van der Waals surface area contributed by atoms with Crippen molar-refractivity contribution in [3.63, 3.8) is 0 Å². The summed E-state index contributed by atoms with van der Waals surface area (Å²) in [5.41, 5.74) is 7.80. The number of rotatable bonds is 9. The summed E-state index contributed by atoms with van der Waals surface area (Å²) in [6.07, 6.45) is 1.12. The molecule has 3 unspecified atom stereocenters. The summed E-state index contributed by atoms with van der Waals surface area (Å²) in [5.74, 6) is -2.18. The number of nitrogens with two attached hydrogens (primary N) is 1. The number of benzene rings is 1. The van der Waals surface area contributed by atoms with Crippen LogP contribution in [0.25, 0.3) is 22.4 Å². The zero-order valence-electron chi connectivity index (χ0n) is 23.3. The molecule has 1 saturated heterocycles. The van der Waals surface area contributed by atoms with Crippen LogP contribution in [0.4, 0.5) is 29.1 Å². The number of ether oxygens (including phenoxy) is 2. The number of aliphatic hydroxyl groups excluding tert-OH is 1. The van der Waals surface area contributed by atoms with E-state index in [9.17, 15) is 18.3 Å². The Labute approximate surface area is 239 Å². The number of nitrogen functional groups attached to an aromatic ring is 1. The highest BCUT2D eigenvalue weighted by atomic mass is 19.3. The lowest BCUT2D eigenvalue weighted by Gasteiger charge is -2.38. The molecule has 0 radical (unpaired) electrons. The van der Waals surface area contributed by atoms with Gasteiger partial charge in [-0.05, 0) is 25.3 Å². The van der Waals surface area contributed by atoms with Gasteiger partial charge in [-0.2, -0.15) is 0 Å². The van der Waals surface area contributed by atoms with E-state index in [2.05, 4.69) is 19.9 Å². The van der Waals surface area contributed by atoms with E-state index in [1.807, 2.05) is 11.8 Å². The molecule has 10 nitrogen and oxygen atoms in total. The number of piperidine rings is 1. The Bertz CT molecular complexity index is 1590. The molecule has 1 aliphatic heterocycles. The van der Waals surface area contributed by atoms with Gasteiger partial charge in [0.15, 0.2) is 28.8 Å². The topological polar surface area (TPSA) is 124 Å². The van der Waals surface area contributed by atoms with Gasteiger partial charge in [0.05, 0.1) is 38.5 Å². The minimum atomic E-state index is -2.89. The van der Waals surface area contributed by atoms with Gasteiger partial charge in [0, 0.05) is 36.2 Å². The smallest absolute Gasteiger partial charge is 0.264 e. The number of imidazole rings is 1.